The Balaban J connectivity index is 2.24. The molecule has 0 aliphatic carbocycles. The highest BCUT2D eigenvalue weighted by molar-refractivity contribution is 5.59. The largest absolute Gasteiger partial charge is 0.340 e. The summed E-state index contributed by atoms with van der Waals surface area (Å²) in [6, 6.07) is 12.0. The van der Waals surface area contributed by atoms with Crippen LogP contribution in [0.15, 0.2) is 42.6 Å². The Labute approximate surface area is 95.3 Å². The number of aryl methyl sites for hydroxylation is 1. The van der Waals surface area contributed by atoms with E-state index in [9.17, 15) is 0 Å². The molecule has 16 heavy (non-hydrogen) atoms. The van der Waals surface area contributed by atoms with Gasteiger partial charge in [-0.1, -0.05) is 18.2 Å². The first-order valence-electron chi connectivity index (χ1n) is 5.27. The molecular formula is C13H15N3. The SMILES string of the molecule is Cc1cccnc1Nc1cccc(CN)c1. The highest BCUT2D eigenvalue weighted by Crippen LogP contribution is 2.18. The van der Waals surface area contributed by atoms with Crippen LogP contribution in [0.5, 0.6) is 0 Å². The zero-order valence-corrected chi connectivity index (χ0v) is 9.27. The number of rotatable bonds is 3. The first kappa shape index (κ1) is 10.6. The van der Waals surface area contributed by atoms with E-state index < -0.39 is 0 Å². The van der Waals surface area contributed by atoms with E-state index in [1.54, 1.807) is 6.20 Å². The first-order chi connectivity index (χ1) is 7.79. The molecule has 1 aromatic carbocycles. The lowest BCUT2D eigenvalue weighted by Crippen LogP contribution is -1.99. The van der Waals surface area contributed by atoms with E-state index >= 15 is 0 Å². The van der Waals surface area contributed by atoms with Gasteiger partial charge in [-0.2, -0.15) is 0 Å². The van der Waals surface area contributed by atoms with Crippen LogP contribution < -0.4 is 11.1 Å². The number of pyridine rings is 1. The van der Waals surface area contributed by atoms with E-state index in [-0.39, 0.29) is 0 Å². The van der Waals surface area contributed by atoms with Crippen LogP contribution in [0.1, 0.15) is 11.1 Å². The average Bonchev–Trinajstić information content (AvgIpc) is 2.32. The minimum Gasteiger partial charge on any atom is -0.340 e. The Bertz CT molecular complexity index is 480. The van der Waals surface area contributed by atoms with Crippen LogP contribution in [0.2, 0.25) is 0 Å². The molecule has 1 aromatic heterocycles. The fourth-order valence-electron chi connectivity index (χ4n) is 1.53. The molecule has 82 valence electrons. The van der Waals surface area contributed by atoms with Gasteiger partial charge in [-0.3, -0.25) is 0 Å². The fourth-order valence-corrected chi connectivity index (χ4v) is 1.53. The van der Waals surface area contributed by atoms with E-state index in [4.69, 9.17) is 5.73 Å². The summed E-state index contributed by atoms with van der Waals surface area (Å²) in [6.45, 7) is 2.58. The van der Waals surface area contributed by atoms with Crippen LogP contribution in [0, 0.1) is 6.92 Å². The van der Waals surface area contributed by atoms with Gasteiger partial charge in [0, 0.05) is 18.4 Å². The van der Waals surface area contributed by atoms with E-state index in [1.165, 1.54) is 0 Å². The fraction of sp³-hybridized carbons (Fsp3) is 0.154. The topological polar surface area (TPSA) is 50.9 Å². The lowest BCUT2D eigenvalue weighted by atomic mass is 10.2. The number of nitrogens with zero attached hydrogens (tertiary/aromatic N) is 1. The molecule has 0 saturated heterocycles. The molecular weight excluding hydrogens is 198 g/mol. The summed E-state index contributed by atoms with van der Waals surface area (Å²) in [6.07, 6.45) is 1.78. The van der Waals surface area contributed by atoms with Crippen molar-refractivity contribution in [2.75, 3.05) is 5.32 Å². The highest BCUT2D eigenvalue weighted by atomic mass is 15.0. The maximum absolute atomic E-state index is 5.60. The molecule has 0 saturated carbocycles. The van der Waals surface area contributed by atoms with Gasteiger partial charge >= 0.3 is 0 Å². The van der Waals surface area contributed by atoms with E-state index in [0.717, 1.165) is 22.6 Å². The van der Waals surface area contributed by atoms with Gasteiger partial charge in [-0.15, -0.1) is 0 Å². The monoisotopic (exact) mass is 213 g/mol. The molecule has 0 radical (unpaired) electrons. The summed E-state index contributed by atoms with van der Waals surface area (Å²) < 4.78 is 0. The van der Waals surface area contributed by atoms with Crippen molar-refractivity contribution in [3.8, 4) is 0 Å². The number of nitrogens with one attached hydrogen (secondary N) is 1. The number of hydrogen-bond acceptors (Lipinski definition) is 3. The Morgan fingerprint density at radius 3 is 2.88 bits per heavy atom. The normalized spacial score (nSPS) is 10.1. The number of nitrogens with two attached hydrogens (primary N) is 1. The summed E-state index contributed by atoms with van der Waals surface area (Å²) in [4.78, 5) is 4.29. The summed E-state index contributed by atoms with van der Waals surface area (Å²) in [5.74, 6) is 0.886. The second-order valence-electron chi connectivity index (χ2n) is 3.70. The zero-order valence-electron chi connectivity index (χ0n) is 9.27. The van der Waals surface area contributed by atoms with Crippen LogP contribution in [0.25, 0.3) is 0 Å². The van der Waals surface area contributed by atoms with Crippen LogP contribution in [0.3, 0.4) is 0 Å². The maximum atomic E-state index is 5.60. The third-order valence-corrected chi connectivity index (χ3v) is 2.43. The van der Waals surface area contributed by atoms with Gasteiger partial charge in [0.15, 0.2) is 0 Å². The van der Waals surface area contributed by atoms with Crippen LogP contribution >= 0.6 is 0 Å². The molecule has 0 fully saturated rings. The highest BCUT2D eigenvalue weighted by Gasteiger charge is 1.99. The Morgan fingerprint density at radius 1 is 1.25 bits per heavy atom. The minimum absolute atomic E-state index is 0.552. The van der Waals surface area contributed by atoms with Crippen molar-refractivity contribution in [3.05, 3.63) is 53.7 Å². The third-order valence-electron chi connectivity index (χ3n) is 2.43. The molecule has 0 bridgehead atoms. The summed E-state index contributed by atoms with van der Waals surface area (Å²) >= 11 is 0. The van der Waals surface area contributed by atoms with Gasteiger partial charge < -0.3 is 11.1 Å². The molecule has 0 aliphatic heterocycles. The van der Waals surface area contributed by atoms with E-state index in [2.05, 4.69) is 10.3 Å². The van der Waals surface area contributed by atoms with Gasteiger partial charge in [0.25, 0.3) is 0 Å². The van der Waals surface area contributed by atoms with E-state index in [0.29, 0.717) is 6.54 Å². The van der Waals surface area contributed by atoms with Gasteiger partial charge in [0.05, 0.1) is 0 Å². The number of benzene rings is 1. The molecule has 0 spiro atoms. The summed E-state index contributed by atoms with van der Waals surface area (Å²) in [7, 11) is 0. The Hall–Kier alpha value is -1.87. The lowest BCUT2D eigenvalue weighted by Gasteiger charge is -2.08. The van der Waals surface area contributed by atoms with Crippen molar-refractivity contribution >= 4 is 11.5 Å². The standard InChI is InChI=1S/C13H15N3/c1-10-4-3-7-15-13(10)16-12-6-2-5-11(8-12)9-14/h2-8H,9,14H2,1H3,(H,15,16). The number of aromatic nitrogens is 1. The van der Waals surface area contributed by atoms with Crippen molar-refractivity contribution in [1.29, 1.82) is 0 Å². The maximum Gasteiger partial charge on any atom is 0.133 e. The van der Waals surface area contributed by atoms with Gasteiger partial charge in [-0.05, 0) is 36.2 Å². The number of anilines is 2. The summed E-state index contributed by atoms with van der Waals surface area (Å²) in [5, 5.41) is 3.28. The van der Waals surface area contributed by atoms with Crippen LogP contribution in [-0.2, 0) is 6.54 Å². The van der Waals surface area contributed by atoms with Crippen molar-refractivity contribution in [1.82, 2.24) is 4.98 Å². The molecule has 2 aromatic rings. The molecule has 3 heteroatoms. The molecule has 1 heterocycles. The zero-order chi connectivity index (χ0) is 11.4. The second-order valence-corrected chi connectivity index (χ2v) is 3.70. The van der Waals surface area contributed by atoms with Crippen molar-refractivity contribution in [3.63, 3.8) is 0 Å². The predicted octanol–water partition coefficient (Wildman–Crippen LogP) is 2.59. The summed E-state index contributed by atoms with van der Waals surface area (Å²) in [5.41, 5.74) is 8.85. The van der Waals surface area contributed by atoms with Crippen molar-refractivity contribution in [2.45, 2.75) is 13.5 Å². The Kier molecular flexibility index (Phi) is 3.17. The molecule has 0 amide bonds. The molecule has 0 aliphatic rings. The molecule has 2 rings (SSSR count). The van der Waals surface area contributed by atoms with Crippen LogP contribution in [0.4, 0.5) is 11.5 Å². The second kappa shape index (κ2) is 4.77. The van der Waals surface area contributed by atoms with Crippen molar-refractivity contribution < 1.29 is 0 Å². The average molecular weight is 213 g/mol. The molecule has 3 nitrogen and oxygen atoms in total. The van der Waals surface area contributed by atoms with Gasteiger partial charge in [-0.25, -0.2) is 4.98 Å². The van der Waals surface area contributed by atoms with Crippen molar-refractivity contribution in [2.24, 2.45) is 5.73 Å². The minimum atomic E-state index is 0.552. The van der Waals surface area contributed by atoms with Gasteiger partial charge in [0.1, 0.15) is 5.82 Å². The van der Waals surface area contributed by atoms with Gasteiger partial charge in [0.2, 0.25) is 0 Å². The number of hydrogen-bond donors (Lipinski definition) is 2. The quantitative estimate of drug-likeness (QED) is 0.824. The first-order valence-corrected chi connectivity index (χ1v) is 5.27. The van der Waals surface area contributed by atoms with E-state index in [1.807, 2.05) is 43.3 Å². The molecule has 0 atom stereocenters. The third kappa shape index (κ3) is 2.38. The lowest BCUT2D eigenvalue weighted by molar-refractivity contribution is 1.07. The Morgan fingerprint density at radius 2 is 2.12 bits per heavy atom. The van der Waals surface area contributed by atoms with Crippen LogP contribution in [-0.4, -0.2) is 4.98 Å². The smallest absolute Gasteiger partial charge is 0.133 e. The molecule has 0 unspecified atom stereocenters. The predicted molar refractivity (Wildman–Crippen MR) is 66.6 cm³/mol. The molecule has 3 N–H and O–H groups in total.